The Morgan fingerprint density at radius 2 is 1.97 bits per heavy atom. The number of aromatic nitrogens is 1. The predicted octanol–water partition coefficient (Wildman–Crippen LogP) is 3.42. The van der Waals surface area contributed by atoms with Gasteiger partial charge in [0.25, 0.3) is 5.91 Å². The van der Waals surface area contributed by atoms with Gasteiger partial charge in [-0.05, 0) is 42.9 Å². The van der Waals surface area contributed by atoms with Crippen molar-refractivity contribution in [2.45, 2.75) is 16.2 Å². The number of nitrogens with zero attached hydrogens (tertiary/aromatic N) is 4. The summed E-state index contributed by atoms with van der Waals surface area (Å²) in [4.78, 5) is 37.8. The number of rotatable bonds is 3. The predicted molar refractivity (Wildman–Crippen MR) is 131 cm³/mol. The van der Waals surface area contributed by atoms with Crippen molar-refractivity contribution < 1.29 is 9.59 Å². The quantitative estimate of drug-likeness (QED) is 0.491. The summed E-state index contributed by atoms with van der Waals surface area (Å²) >= 11 is 13.4. The van der Waals surface area contributed by atoms with Crippen LogP contribution >= 0.6 is 35.6 Å². The number of hydrogen-bond donors (Lipinski definition) is 0. The third-order valence-corrected chi connectivity index (χ3v) is 9.01. The molecular weight excluding hydrogens is 464 g/mol. The molecule has 0 radical (unpaired) electrons. The molecular formula is C23H21ClN4O2S2. The molecule has 9 heteroatoms. The Kier molecular flexibility index (Phi) is 4.98. The van der Waals surface area contributed by atoms with Gasteiger partial charge in [0.15, 0.2) is 5.54 Å². The lowest BCUT2D eigenvalue weighted by molar-refractivity contribution is -0.138. The molecule has 2 spiro atoms. The maximum Gasteiger partial charge on any atom is 0.254 e. The van der Waals surface area contributed by atoms with E-state index in [0.29, 0.717) is 22.4 Å². The van der Waals surface area contributed by atoms with Gasteiger partial charge in [0.2, 0.25) is 5.91 Å². The first-order valence-electron chi connectivity index (χ1n) is 10.2. The third kappa shape index (κ3) is 2.46. The Balaban J connectivity index is 1.85. The fourth-order valence-corrected chi connectivity index (χ4v) is 7.87. The van der Waals surface area contributed by atoms with Crippen molar-refractivity contribution in [1.29, 1.82) is 0 Å². The zero-order valence-electron chi connectivity index (χ0n) is 17.6. The molecule has 3 atom stereocenters. The highest BCUT2D eigenvalue weighted by Gasteiger charge is 2.78. The normalized spacial score (nSPS) is 29.6. The van der Waals surface area contributed by atoms with E-state index in [9.17, 15) is 9.59 Å². The Morgan fingerprint density at radius 3 is 2.66 bits per heavy atom. The highest BCUT2D eigenvalue weighted by atomic mass is 35.5. The summed E-state index contributed by atoms with van der Waals surface area (Å²) in [6.45, 7) is 4.58. The Bertz CT molecular complexity index is 1180. The molecule has 6 nitrogen and oxygen atoms in total. The van der Waals surface area contributed by atoms with Gasteiger partial charge in [-0.2, -0.15) is 0 Å². The van der Waals surface area contributed by atoms with E-state index >= 15 is 0 Å². The lowest BCUT2D eigenvalue weighted by Gasteiger charge is -2.42. The molecule has 32 heavy (non-hydrogen) atoms. The van der Waals surface area contributed by atoms with Crippen LogP contribution in [0.1, 0.15) is 17.0 Å². The van der Waals surface area contributed by atoms with Crippen LogP contribution in [0, 0.1) is 0 Å². The molecule has 2 aromatic rings. The minimum atomic E-state index is -1.25. The highest BCUT2D eigenvalue weighted by molar-refractivity contribution is 8.25. The number of thioether (sulfide) groups is 1. The fraction of sp³-hybridized carbons (Fsp3) is 0.304. The summed E-state index contributed by atoms with van der Waals surface area (Å²) in [6.07, 6.45) is 5.08. The van der Waals surface area contributed by atoms with Crippen LogP contribution < -0.4 is 4.90 Å². The van der Waals surface area contributed by atoms with Crippen LogP contribution in [-0.4, -0.2) is 62.9 Å². The molecule has 0 saturated carbocycles. The van der Waals surface area contributed by atoms with Crippen LogP contribution in [-0.2, 0) is 15.1 Å². The number of hydrogen-bond acceptors (Lipinski definition) is 6. The number of halogens is 1. The van der Waals surface area contributed by atoms with Crippen LogP contribution in [0.4, 0.5) is 5.69 Å². The monoisotopic (exact) mass is 484 g/mol. The lowest BCUT2D eigenvalue weighted by atomic mass is 9.72. The number of carbonyl (C=O) groups excluding carboxylic acids is 2. The van der Waals surface area contributed by atoms with Gasteiger partial charge in [0.1, 0.15) is 9.07 Å². The smallest absolute Gasteiger partial charge is 0.254 e. The van der Waals surface area contributed by atoms with Gasteiger partial charge in [-0.25, -0.2) is 0 Å². The first-order chi connectivity index (χ1) is 15.3. The topological polar surface area (TPSA) is 56.8 Å². The molecule has 3 aliphatic rings. The number of anilines is 1. The van der Waals surface area contributed by atoms with Crippen molar-refractivity contribution in [2.24, 2.45) is 0 Å². The van der Waals surface area contributed by atoms with Gasteiger partial charge < -0.3 is 4.90 Å². The molecule has 5 rings (SSSR count). The molecule has 3 aliphatic heterocycles. The summed E-state index contributed by atoms with van der Waals surface area (Å²) in [7, 11) is 3.65. The maximum absolute atomic E-state index is 14.3. The van der Waals surface area contributed by atoms with E-state index in [1.165, 1.54) is 11.8 Å². The van der Waals surface area contributed by atoms with E-state index in [1.807, 2.05) is 36.2 Å². The maximum atomic E-state index is 14.3. The fourth-order valence-electron chi connectivity index (χ4n) is 5.55. The summed E-state index contributed by atoms with van der Waals surface area (Å²) in [6, 6.07) is 9.25. The number of amides is 2. The van der Waals surface area contributed by atoms with E-state index in [0.717, 1.165) is 16.8 Å². The molecule has 1 aromatic carbocycles. The van der Waals surface area contributed by atoms with Gasteiger partial charge >= 0.3 is 0 Å². The van der Waals surface area contributed by atoms with E-state index in [-0.39, 0.29) is 17.7 Å². The molecule has 4 heterocycles. The number of thiocarbonyl (C=S) groups is 1. The molecule has 2 fully saturated rings. The average molecular weight is 485 g/mol. The molecule has 2 amide bonds. The molecule has 1 unspecified atom stereocenters. The van der Waals surface area contributed by atoms with E-state index in [4.69, 9.17) is 23.8 Å². The van der Waals surface area contributed by atoms with Crippen molar-refractivity contribution in [3.8, 4) is 0 Å². The molecule has 164 valence electrons. The van der Waals surface area contributed by atoms with Crippen molar-refractivity contribution >= 4 is 57.4 Å². The van der Waals surface area contributed by atoms with Crippen LogP contribution in [0.3, 0.4) is 0 Å². The van der Waals surface area contributed by atoms with Crippen LogP contribution in [0.25, 0.3) is 0 Å². The van der Waals surface area contributed by atoms with Crippen LogP contribution in [0.15, 0.2) is 55.4 Å². The number of benzene rings is 1. The first kappa shape index (κ1) is 21.6. The Morgan fingerprint density at radius 1 is 1.25 bits per heavy atom. The van der Waals surface area contributed by atoms with Crippen molar-refractivity contribution in [3.63, 3.8) is 0 Å². The van der Waals surface area contributed by atoms with Crippen molar-refractivity contribution in [1.82, 2.24) is 14.8 Å². The van der Waals surface area contributed by atoms with Crippen molar-refractivity contribution in [2.75, 3.05) is 32.1 Å². The Hall–Kier alpha value is -2.26. The average Bonchev–Trinajstić information content (AvgIpc) is 3.28. The van der Waals surface area contributed by atoms with Gasteiger partial charge in [-0.1, -0.05) is 41.7 Å². The first-order valence-corrected chi connectivity index (χ1v) is 11.8. The van der Waals surface area contributed by atoms with Crippen molar-refractivity contribution in [3.05, 3.63) is 71.5 Å². The van der Waals surface area contributed by atoms with Crippen LogP contribution in [0.5, 0.6) is 0 Å². The van der Waals surface area contributed by atoms with Crippen LogP contribution in [0.2, 0.25) is 5.02 Å². The molecule has 0 bridgehead atoms. The van der Waals surface area contributed by atoms with Gasteiger partial charge in [0.05, 0.1) is 0 Å². The molecule has 0 aliphatic carbocycles. The van der Waals surface area contributed by atoms with Gasteiger partial charge in [-0.3, -0.25) is 24.4 Å². The number of fused-ring (bicyclic) bond motifs is 3. The summed E-state index contributed by atoms with van der Waals surface area (Å²) < 4.78 is -0.737. The van der Waals surface area contributed by atoms with E-state index in [2.05, 4.69) is 11.6 Å². The summed E-state index contributed by atoms with van der Waals surface area (Å²) in [5.41, 5.74) is 1.18. The zero-order chi connectivity index (χ0) is 22.8. The van der Waals surface area contributed by atoms with E-state index < -0.39 is 10.3 Å². The lowest BCUT2D eigenvalue weighted by Crippen LogP contribution is -2.62. The Labute approximate surface area is 201 Å². The number of pyridine rings is 1. The highest BCUT2D eigenvalue weighted by Crippen LogP contribution is 2.66. The molecule has 2 saturated heterocycles. The SMILES string of the molecule is C=CCN1C(=O)[C@@]2(SC1=S)C(c1ccncc1)CN(C)[C@]21C(=O)N(C)c2ccc(Cl)cc21. The number of carbonyl (C=O) groups is 2. The second kappa shape index (κ2) is 7.38. The molecule has 1 aromatic heterocycles. The second-order valence-corrected chi connectivity index (χ2v) is 10.6. The third-order valence-electron chi connectivity index (χ3n) is 6.83. The second-order valence-electron chi connectivity index (χ2n) is 8.26. The molecule has 0 N–H and O–H groups in total. The zero-order valence-corrected chi connectivity index (χ0v) is 20.0. The van der Waals surface area contributed by atoms with E-state index in [1.54, 1.807) is 41.4 Å². The largest absolute Gasteiger partial charge is 0.313 e. The van der Waals surface area contributed by atoms with Gasteiger partial charge in [0, 0.05) is 54.7 Å². The number of likely N-dealkylation sites (N-methyl/N-ethyl adjacent to an activating group) is 2. The minimum Gasteiger partial charge on any atom is -0.313 e. The summed E-state index contributed by atoms with van der Waals surface area (Å²) in [5.74, 6) is -0.617. The standard InChI is InChI=1S/C23H21ClN4O2S2/c1-4-11-28-20(30)23(32-21(28)31)17(14-7-9-25-10-8-14)13-26(2)22(23)16-12-15(24)5-6-18(16)27(3)19(22)29/h4-10,12,17H,1,11,13H2,2-3H3/t17?,22-,23+/m1/s1. The summed E-state index contributed by atoms with van der Waals surface area (Å²) in [5, 5.41) is 0.517. The minimum absolute atomic E-state index is 0.155. The number of likely N-dealkylation sites (tertiary alicyclic amines) is 1. The van der Waals surface area contributed by atoms with Gasteiger partial charge in [-0.15, -0.1) is 6.58 Å².